The monoisotopic (exact) mass is 274 g/mol. The predicted octanol–water partition coefficient (Wildman–Crippen LogP) is 4.51. The first-order valence-corrected chi connectivity index (χ1v) is 7.80. The van der Waals surface area contributed by atoms with Gasteiger partial charge in [0.25, 0.3) is 0 Å². The van der Waals surface area contributed by atoms with Crippen molar-refractivity contribution in [3.8, 4) is 0 Å². The SMILES string of the molecule is CC(C)c1ccccc1NC(=O)NCC1CCCCC1. The highest BCUT2D eigenvalue weighted by Crippen LogP contribution is 2.24. The Kier molecular flexibility index (Phi) is 5.45. The van der Waals surface area contributed by atoms with Gasteiger partial charge in [-0.15, -0.1) is 0 Å². The number of rotatable bonds is 4. The molecule has 0 aliphatic heterocycles. The minimum Gasteiger partial charge on any atom is -0.338 e. The first kappa shape index (κ1) is 14.9. The van der Waals surface area contributed by atoms with E-state index in [1.807, 2.05) is 18.2 Å². The second-order valence-electron chi connectivity index (χ2n) is 6.08. The van der Waals surface area contributed by atoms with E-state index in [4.69, 9.17) is 0 Å². The summed E-state index contributed by atoms with van der Waals surface area (Å²) in [5.74, 6) is 1.07. The number of carbonyl (C=O) groups excluding carboxylic acids is 1. The van der Waals surface area contributed by atoms with Crippen LogP contribution in [0.2, 0.25) is 0 Å². The van der Waals surface area contributed by atoms with E-state index in [9.17, 15) is 4.79 Å². The highest BCUT2D eigenvalue weighted by atomic mass is 16.2. The number of amides is 2. The van der Waals surface area contributed by atoms with Gasteiger partial charge in [-0.2, -0.15) is 0 Å². The molecule has 0 saturated heterocycles. The van der Waals surface area contributed by atoms with Crippen LogP contribution in [0.3, 0.4) is 0 Å². The molecular formula is C17H26N2O. The lowest BCUT2D eigenvalue weighted by molar-refractivity contribution is 0.247. The predicted molar refractivity (Wildman–Crippen MR) is 84.1 cm³/mol. The van der Waals surface area contributed by atoms with E-state index >= 15 is 0 Å². The van der Waals surface area contributed by atoms with Gasteiger partial charge in [0.1, 0.15) is 0 Å². The van der Waals surface area contributed by atoms with E-state index in [0.29, 0.717) is 11.8 Å². The number of benzene rings is 1. The second-order valence-corrected chi connectivity index (χ2v) is 6.08. The average molecular weight is 274 g/mol. The number of para-hydroxylation sites is 1. The maximum atomic E-state index is 12.0. The standard InChI is InChI=1S/C17H26N2O/c1-13(2)15-10-6-7-11-16(15)19-17(20)18-12-14-8-4-3-5-9-14/h6-7,10-11,13-14H,3-5,8-9,12H2,1-2H3,(H2,18,19,20). The van der Waals surface area contributed by atoms with Crippen LogP contribution in [0, 0.1) is 5.92 Å². The van der Waals surface area contributed by atoms with Gasteiger partial charge in [0.2, 0.25) is 0 Å². The lowest BCUT2D eigenvalue weighted by Gasteiger charge is -2.22. The summed E-state index contributed by atoms with van der Waals surface area (Å²) in [5.41, 5.74) is 2.10. The highest BCUT2D eigenvalue weighted by Gasteiger charge is 2.15. The molecule has 0 heterocycles. The molecule has 0 atom stereocenters. The molecule has 2 N–H and O–H groups in total. The van der Waals surface area contributed by atoms with Gasteiger partial charge in [-0.05, 0) is 36.3 Å². The number of carbonyl (C=O) groups is 1. The van der Waals surface area contributed by atoms with Gasteiger partial charge in [-0.25, -0.2) is 4.79 Å². The molecule has 1 aliphatic carbocycles. The van der Waals surface area contributed by atoms with E-state index in [1.165, 1.54) is 37.7 Å². The third kappa shape index (κ3) is 4.26. The number of hydrogen-bond acceptors (Lipinski definition) is 1. The molecule has 2 rings (SSSR count). The fourth-order valence-corrected chi connectivity index (χ4v) is 2.91. The zero-order chi connectivity index (χ0) is 14.4. The molecular weight excluding hydrogens is 248 g/mol. The van der Waals surface area contributed by atoms with Crippen LogP contribution in [0.15, 0.2) is 24.3 Å². The molecule has 0 spiro atoms. The quantitative estimate of drug-likeness (QED) is 0.833. The zero-order valence-electron chi connectivity index (χ0n) is 12.6. The van der Waals surface area contributed by atoms with Crippen LogP contribution in [0.1, 0.15) is 57.4 Å². The largest absolute Gasteiger partial charge is 0.338 e. The molecule has 3 heteroatoms. The van der Waals surface area contributed by atoms with E-state index < -0.39 is 0 Å². The van der Waals surface area contributed by atoms with Crippen molar-refractivity contribution < 1.29 is 4.79 Å². The molecule has 20 heavy (non-hydrogen) atoms. The van der Waals surface area contributed by atoms with Gasteiger partial charge in [-0.1, -0.05) is 51.3 Å². The summed E-state index contributed by atoms with van der Waals surface area (Å²) in [5, 5.41) is 6.00. The molecule has 3 nitrogen and oxygen atoms in total. The Balaban J connectivity index is 1.85. The lowest BCUT2D eigenvalue weighted by atomic mass is 9.89. The fourth-order valence-electron chi connectivity index (χ4n) is 2.91. The summed E-state index contributed by atoms with van der Waals surface area (Å²) >= 11 is 0. The van der Waals surface area contributed by atoms with Crippen LogP contribution < -0.4 is 10.6 Å². The molecule has 0 aromatic heterocycles. The third-order valence-corrected chi connectivity index (χ3v) is 4.11. The van der Waals surface area contributed by atoms with E-state index in [0.717, 1.165) is 12.2 Å². The fraction of sp³-hybridized carbons (Fsp3) is 0.588. The van der Waals surface area contributed by atoms with Crippen molar-refractivity contribution in [2.75, 3.05) is 11.9 Å². The Morgan fingerprint density at radius 2 is 1.90 bits per heavy atom. The van der Waals surface area contributed by atoms with Gasteiger partial charge in [-0.3, -0.25) is 0 Å². The number of nitrogens with one attached hydrogen (secondary N) is 2. The smallest absolute Gasteiger partial charge is 0.319 e. The molecule has 1 fully saturated rings. The van der Waals surface area contributed by atoms with Crippen LogP contribution in [0.4, 0.5) is 10.5 Å². The molecule has 0 radical (unpaired) electrons. The number of anilines is 1. The minimum atomic E-state index is -0.0799. The average Bonchev–Trinajstić information content (AvgIpc) is 2.46. The first-order chi connectivity index (χ1) is 9.66. The first-order valence-electron chi connectivity index (χ1n) is 7.80. The molecule has 1 aliphatic rings. The Morgan fingerprint density at radius 1 is 1.20 bits per heavy atom. The summed E-state index contributed by atoms with van der Waals surface area (Å²) in [6.07, 6.45) is 6.48. The topological polar surface area (TPSA) is 41.1 Å². The van der Waals surface area contributed by atoms with Crippen molar-refractivity contribution in [1.82, 2.24) is 5.32 Å². The summed E-state index contributed by atoms with van der Waals surface area (Å²) in [6, 6.07) is 7.93. The summed E-state index contributed by atoms with van der Waals surface area (Å²) in [6.45, 7) is 5.08. The second kappa shape index (κ2) is 7.32. The summed E-state index contributed by atoms with van der Waals surface area (Å²) in [7, 11) is 0. The maximum absolute atomic E-state index is 12.0. The van der Waals surface area contributed by atoms with Gasteiger partial charge in [0, 0.05) is 12.2 Å². The van der Waals surface area contributed by atoms with Gasteiger partial charge in [0.05, 0.1) is 0 Å². The van der Waals surface area contributed by atoms with Crippen molar-refractivity contribution in [2.24, 2.45) is 5.92 Å². The number of urea groups is 1. The lowest BCUT2D eigenvalue weighted by Crippen LogP contribution is -2.34. The summed E-state index contributed by atoms with van der Waals surface area (Å²) < 4.78 is 0. The van der Waals surface area contributed by atoms with Crippen molar-refractivity contribution >= 4 is 11.7 Å². The molecule has 1 aromatic rings. The van der Waals surface area contributed by atoms with Gasteiger partial charge in [0.15, 0.2) is 0 Å². The van der Waals surface area contributed by atoms with Crippen LogP contribution in [-0.2, 0) is 0 Å². The highest BCUT2D eigenvalue weighted by molar-refractivity contribution is 5.90. The van der Waals surface area contributed by atoms with Crippen molar-refractivity contribution in [3.63, 3.8) is 0 Å². The molecule has 0 bridgehead atoms. The molecule has 1 saturated carbocycles. The molecule has 110 valence electrons. The molecule has 2 amide bonds. The van der Waals surface area contributed by atoms with E-state index in [1.54, 1.807) is 0 Å². The van der Waals surface area contributed by atoms with E-state index in [2.05, 4.69) is 30.5 Å². The Hall–Kier alpha value is -1.51. The third-order valence-electron chi connectivity index (χ3n) is 4.11. The van der Waals surface area contributed by atoms with Crippen molar-refractivity contribution in [1.29, 1.82) is 0 Å². The zero-order valence-corrected chi connectivity index (χ0v) is 12.6. The van der Waals surface area contributed by atoms with Crippen molar-refractivity contribution in [3.05, 3.63) is 29.8 Å². The number of hydrogen-bond donors (Lipinski definition) is 2. The van der Waals surface area contributed by atoms with E-state index in [-0.39, 0.29) is 6.03 Å². The van der Waals surface area contributed by atoms with Gasteiger partial charge >= 0.3 is 6.03 Å². The Morgan fingerprint density at radius 3 is 2.60 bits per heavy atom. The summed E-state index contributed by atoms with van der Waals surface area (Å²) in [4.78, 5) is 12.0. The minimum absolute atomic E-state index is 0.0799. The van der Waals surface area contributed by atoms with Crippen LogP contribution in [-0.4, -0.2) is 12.6 Å². The maximum Gasteiger partial charge on any atom is 0.319 e. The van der Waals surface area contributed by atoms with Crippen molar-refractivity contribution in [2.45, 2.75) is 51.9 Å². The molecule has 0 unspecified atom stereocenters. The van der Waals surface area contributed by atoms with Crippen LogP contribution in [0.25, 0.3) is 0 Å². The van der Waals surface area contributed by atoms with Crippen LogP contribution >= 0.6 is 0 Å². The van der Waals surface area contributed by atoms with Crippen LogP contribution in [0.5, 0.6) is 0 Å². The Labute approximate surface area is 122 Å². The molecule has 1 aromatic carbocycles. The Bertz CT molecular complexity index is 436. The normalized spacial score (nSPS) is 16.1. The van der Waals surface area contributed by atoms with Gasteiger partial charge < -0.3 is 10.6 Å².